The molecular weight excluding hydrogens is 266 g/mol. The summed E-state index contributed by atoms with van der Waals surface area (Å²) in [6.07, 6.45) is 4.03. The highest BCUT2D eigenvalue weighted by Crippen LogP contribution is 2.37. The summed E-state index contributed by atoms with van der Waals surface area (Å²) in [6.45, 7) is 2.04. The maximum atomic E-state index is 13.0. The van der Waals surface area contributed by atoms with Crippen LogP contribution >= 0.6 is 0 Å². The summed E-state index contributed by atoms with van der Waals surface area (Å²) in [5.41, 5.74) is 2.14. The smallest absolute Gasteiger partial charge is 0.307 e. The fourth-order valence-corrected chi connectivity index (χ4v) is 3.80. The van der Waals surface area contributed by atoms with Crippen LogP contribution in [0.2, 0.25) is 0 Å². The highest BCUT2D eigenvalue weighted by atomic mass is 16.4. The van der Waals surface area contributed by atoms with Crippen molar-refractivity contribution >= 4 is 17.6 Å². The van der Waals surface area contributed by atoms with Gasteiger partial charge in [0, 0.05) is 11.7 Å². The van der Waals surface area contributed by atoms with E-state index >= 15 is 0 Å². The number of anilines is 1. The van der Waals surface area contributed by atoms with Crippen LogP contribution in [0, 0.1) is 11.8 Å². The number of para-hydroxylation sites is 1. The number of carbonyl (C=O) groups excluding carboxylic acids is 1. The molecule has 1 heterocycles. The maximum absolute atomic E-state index is 13.0. The average molecular weight is 287 g/mol. The summed E-state index contributed by atoms with van der Waals surface area (Å²) in [4.78, 5) is 26.2. The number of carboxylic acids is 1. The van der Waals surface area contributed by atoms with Crippen LogP contribution in [0.5, 0.6) is 0 Å². The Morgan fingerprint density at radius 3 is 2.52 bits per heavy atom. The minimum atomic E-state index is -0.826. The number of amides is 1. The number of hydrogen-bond donors (Lipinski definition) is 1. The van der Waals surface area contributed by atoms with Gasteiger partial charge in [-0.1, -0.05) is 31.0 Å². The van der Waals surface area contributed by atoms with Crippen molar-refractivity contribution in [2.75, 3.05) is 4.90 Å². The Balaban J connectivity index is 1.89. The second-order valence-corrected chi connectivity index (χ2v) is 6.23. The van der Waals surface area contributed by atoms with Gasteiger partial charge in [-0.3, -0.25) is 9.59 Å². The van der Waals surface area contributed by atoms with Crippen molar-refractivity contribution in [1.82, 2.24) is 0 Å². The summed E-state index contributed by atoms with van der Waals surface area (Å²) < 4.78 is 0. The number of hydrogen-bond acceptors (Lipinski definition) is 2. The summed E-state index contributed by atoms with van der Waals surface area (Å²) in [6, 6.07) is 8.06. The first-order valence-electron chi connectivity index (χ1n) is 7.73. The lowest BCUT2D eigenvalue weighted by Gasteiger charge is -2.33. The summed E-state index contributed by atoms with van der Waals surface area (Å²) in [7, 11) is 0. The number of carbonyl (C=O) groups is 2. The number of fused-ring (bicyclic) bond motifs is 1. The molecule has 2 aliphatic rings. The van der Waals surface area contributed by atoms with E-state index in [-0.39, 0.29) is 17.9 Å². The first-order valence-corrected chi connectivity index (χ1v) is 7.73. The van der Waals surface area contributed by atoms with Gasteiger partial charge in [-0.05, 0) is 37.8 Å². The van der Waals surface area contributed by atoms with Gasteiger partial charge in [0.2, 0.25) is 5.91 Å². The van der Waals surface area contributed by atoms with E-state index in [2.05, 4.69) is 6.07 Å². The highest BCUT2D eigenvalue weighted by molar-refractivity contribution is 5.99. The van der Waals surface area contributed by atoms with E-state index in [1.165, 1.54) is 5.56 Å². The SMILES string of the molecule is C[C@@H]1Cc2ccccc2N1C(=O)[C@H]1CCCC[C@H]1C(=O)O. The van der Waals surface area contributed by atoms with Gasteiger partial charge < -0.3 is 10.0 Å². The van der Waals surface area contributed by atoms with E-state index < -0.39 is 11.9 Å². The molecule has 1 amide bonds. The molecule has 0 unspecified atom stereocenters. The van der Waals surface area contributed by atoms with Crippen LogP contribution in [0.4, 0.5) is 5.69 Å². The molecule has 21 heavy (non-hydrogen) atoms. The molecule has 1 fully saturated rings. The molecule has 3 rings (SSSR count). The second-order valence-electron chi connectivity index (χ2n) is 6.23. The van der Waals surface area contributed by atoms with E-state index in [9.17, 15) is 14.7 Å². The number of benzene rings is 1. The van der Waals surface area contributed by atoms with Gasteiger partial charge in [0.15, 0.2) is 0 Å². The standard InChI is InChI=1S/C17H21NO3/c1-11-10-12-6-2-5-9-15(12)18(11)16(19)13-7-3-4-8-14(13)17(20)21/h2,5-6,9,11,13-14H,3-4,7-8,10H2,1H3,(H,20,21)/t11-,13+,14-/m1/s1. The van der Waals surface area contributed by atoms with Crippen molar-refractivity contribution in [3.05, 3.63) is 29.8 Å². The Morgan fingerprint density at radius 1 is 1.14 bits per heavy atom. The summed E-state index contributed by atoms with van der Waals surface area (Å²) in [5.74, 6) is -1.72. The molecule has 0 spiro atoms. The molecule has 112 valence electrons. The molecule has 0 saturated heterocycles. The minimum absolute atomic E-state index is 0.000417. The largest absolute Gasteiger partial charge is 0.481 e. The zero-order valence-electron chi connectivity index (χ0n) is 12.3. The Labute approximate surface area is 124 Å². The fraction of sp³-hybridized carbons (Fsp3) is 0.529. The third-order valence-electron chi connectivity index (χ3n) is 4.85. The van der Waals surface area contributed by atoms with Gasteiger partial charge in [0.1, 0.15) is 0 Å². The van der Waals surface area contributed by atoms with Crippen molar-refractivity contribution in [2.45, 2.75) is 45.1 Å². The quantitative estimate of drug-likeness (QED) is 0.910. The van der Waals surface area contributed by atoms with Crippen LogP contribution in [-0.4, -0.2) is 23.0 Å². The molecule has 1 aromatic rings. The lowest BCUT2D eigenvalue weighted by molar-refractivity contribution is -0.148. The Hall–Kier alpha value is -1.84. The van der Waals surface area contributed by atoms with Crippen LogP contribution in [0.3, 0.4) is 0 Å². The lowest BCUT2D eigenvalue weighted by atomic mass is 9.78. The molecular formula is C17H21NO3. The summed E-state index contributed by atoms with van der Waals surface area (Å²) >= 11 is 0. The van der Waals surface area contributed by atoms with Crippen molar-refractivity contribution in [2.24, 2.45) is 11.8 Å². The molecule has 1 aliphatic carbocycles. The fourth-order valence-electron chi connectivity index (χ4n) is 3.80. The van der Waals surface area contributed by atoms with Crippen molar-refractivity contribution in [3.8, 4) is 0 Å². The molecule has 3 atom stereocenters. The Morgan fingerprint density at radius 2 is 1.81 bits per heavy atom. The van der Waals surface area contributed by atoms with Crippen LogP contribution in [0.1, 0.15) is 38.2 Å². The van der Waals surface area contributed by atoms with Gasteiger partial charge in [-0.2, -0.15) is 0 Å². The summed E-state index contributed by atoms with van der Waals surface area (Å²) in [5, 5.41) is 9.39. The van der Waals surface area contributed by atoms with E-state index in [1.807, 2.05) is 30.0 Å². The van der Waals surface area contributed by atoms with E-state index in [0.29, 0.717) is 12.8 Å². The van der Waals surface area contributed by atoms with Crippen LogP contribution in [0.25, 0.3) is 0 Å². The van der Waals surface area contributed by atoms with Crippen molar-refractivity contribution < 1.29 is 14.7 Å². The molecule has 0 aromatic heterocycles. The maximum Gasteiger partial charge on any atom is 0.307 e. The third-order valence-corrected chi connectivity index (χ3v) is 4.85. The van der Waals surface area contributed by atoms with E-state index in [4.69, 9.17) is 0 Å². The number of rotatable bonds is 2. The predicted molar refractivity (Wildman–Crippen MR) is 80.2 cm³/mol. The van der Waals surface area contributed by atoms with Crippen LogP contribution in [-0.2, 0) is 16.0 Å². The van der Waals surface area contributed by atoms with Gasteiger partial charge in [0.25, 0.3) is 0 Å². The van der Waals surface area contributed by atoms with Gasteiger partial charge >= 0.3 is 5.97 Å². The highest BCUT2D eigenvalue weighted by Gasteiger charge is 2.41. The molecule has 1 aromatic carbocycles. The number of carboxylic acid groups (broad SMARTS) is 1. The predicted octanol–water partition coefficient (Wildman–Crippen LogP) is 2.86. The Bertz CT molecular complexity index is 569. The average Bonchev–Trinajstić information content (AvgIpc) is 2.82. The van der Waals surface area contributed by atoms with Crippen molar-refractivity contribution in [1.29, 1.82) is 0 Å². The van der Waals surface area contributed by atoms with E-state index in [0.717, 1.165) is 24.9 Å². The molecule has 0 bridgehead atoms. The molecule has 1 aliphatic heterocycles. The molecule has 4 nitrogen and oxygen atoms in total. The normalized spacial score (nSPS) is 28.2. The second kappa shape index (κ2) is 5.51. The van der Waals surface area contributed by atoms with Crippen LogP contribution in [0.15, 0.2) is 24.3 Å². The molecule has 1 saturated carbocycles. The lowest BCUT2D eigenvalue weighted by Crippen LogP contribution is -2.45. The van der Waals surface area contributed by atoms with Gasteiger partial charge in [-0.15, -0.1) is 0 Å². The number of aliphatic carboxylic acids is 1. The Kier molecular flexibility index (Phi) is 3.70. The van der Waals surface area contributed by atoms with E-state index in [1.54, 1.807) is 0 Å². The zero-order chi connectivity index (χ0) is 15.0. The van der Waals surface area contributed by atoms with Crippen molar-refractivity contribution in [3.63, 3.8) is 0 Å². The minimum Gasteiger partial charge on any atom is -0.481 e. The monoisotopic (exact) mass is 287 g/mol. The van der Waals surface area contributed by atoms with Gasteiger partial charge in [0.05, 0.1) is 11.8 Å². The van der Waals surface area contributed by atoms with Crippen LogP contribution < -0.4 is 4.90 Å². The first kappa shape index (κ1) is 14.1. The topological polar surface area (TPSA) is 57.6 Å². The van der Waals surface area contributed by atoms with Gasteiger partial charge in [-0.25, -0.2) is 0 Å². The molecule has 0 radical (unpaired) electrons. The molecule has 1 N–H and O–H groups in total. The first-order chi connectivity index (χ1) is 10.1. The zero-order valence-corrected chi connectivity index (χ0v) is 12.3. The molecule has 4 heteroatoms. The number of nitrogens with zero attached hydrogens (tertiary/aromatic N) is 1. The third kappa shape index (κ3) is 2.43.